The lowest BCUT2D eigenvalue weighted by Crippen LogP contribution is -2.56. The van der Waals surface area contributed by atoms with Gasteiger partial charge in [0.2, 0.25) is 0 Å². The largest absolute Gasteiger partial charge is 0.381 e. The smallest absolute Gasteiger partial charge is 0.182 e. The molecular formula is C9H16BNO. The van der Waals surface area contributed by atoms with Gasteiger partial charge >= 0.3 is 0 Å². The molecule has 66 valence electrons. The maximum atomic E-state index is 5.65. The van der Waals surface area contributed by atoms with Gasteiger partial charge < -0.3 is 9.55 Å². The van der Waals surface area contributed by atoms with Crippen LogP contribution in [0.1, 0.15) is 25.7 Å². The third-order valence-corrected chi connectivity index (χ3v) is 3.40. The SMILES string of the molecule is [B]N1CC2(CCC(OC)CC2)C1. The summed E-state index contributed by atoms with van der Waals surface area (Å²) in [6.07, 6.45) is 5.58. The zero-order valence-corrected chi connectivity index (χ0v) is 7.75. The van der Waals surface area contributed by atoms with Crippen LogP contribution in [0.4, 0.5) is 0 Å². The van der Waals surface area contributed by atoms with E-state index in [1.165, 1.54) is 25.7 Å². The lowest BCUT2D eigenvalue weighted by molar-refractivity contribution is -0.0270. The van der Waals surface area contributed by atoms with E-state index >= 15 is 0 Å². The van der Waals surface area contributed by atoms with Crippen LogP contribution >= 0.6 is 0 Å². The van der Waals surface area contributed by atoms with E-state index in [1.54, 1.807) is 0 Å². The molecule has 1 aliphatic heterocycles. The number of rotatable bonds is 1. The molecule has 0 atom stereocenters. The highest BCUT2D eigenvalue weighted by Crippen LogP contribution is 2.43. The third-order valence-electron chi connectivity index (χ3n) is 3.40. The Morgan fingerprint density at radius 1 is 1.33 bits per heavy atom. The van der Waals surface area contributed by atoms with Crippen molar-refractivity contribution >= 4 is 7.98 Å². The fraction of sp³-hybridized carbons (Fsp3) is 1.00. The summed E-state index contributed by atoms with van der Waals surface area (Å²) in [5, 5.41) is 0. The quantitative estimate of drug-likeness (QED) is 0.536. The van der Waals surface area contributed by atoms with Gasteiger partial charge in [-0.25, -0.2) is 0 Å². The number of nitrogens with zero attached hydrogens (tertiary/aromatic N) is 1. The van der Waals surface area contributed by atoms with Crippen molar-refractivity contribution in [1.29, 1.82) is 0 Å². The maximum Gasteiger partial charge on any atom is 0.182 e. The highest BCUT2D eigenvalue weighted by molar-refractivity contribution is 6.05. The first-order valence-electron chi connectivity index (χ1n) is 4.77. The fourth-order valence-electron chi connectivity index (χ4n) is 2.57. The molecule has 2 radical (unpaired) electrons. The van der Waals surface area contributed by atoms with Gasteiger partial charge in [-0.05, 0) is 44.2 Å². The van der Waals surface area contributed by atoms with Crippen LogP contribution in [0.25, 0.3) is 0 Å². The van der Waals surface area contributed by atoms with Gasteiger partial charge in [0.1, 0.15) is 0 Å². The predicted molar refractivity (Wildman–Crippen MR) is 49.0 cm³/mol. The van der Waals surface area contributed by atoms with Crippen LogP contribution in [0.3, 0.4) is 0 Å². The van der Waals surface area contributed by atoms with Crippen molar-refractivity contribution in [3.8, 4) is 0 Å². The normalized spacial score (nSPS) is 30.4. The molecule has 0 aromatic carbocycles. The Balaban J connectivity index is 1.83. The van der Waals surface area contributed by atoms with Gasteiger partial charge in [0.15, 0.2) is 7.98 Å². The summed E-state index contributed by atoms with van der Waals surface area (Å²) in [4.78, 5) is 1.92. The molecule has 0 amide bonds. The molecule has 12 heavy (non-hydrogen) atoms. The molecule has 0 unspecified atom stereocenters. The average Bonchev–Trinajstić information content (AvgIpc) is 2.04. The molecule has 0 N–H and O–H groups in total. The van der Waals surface area contributed by atoms with Crippen molar-refractivity contribution in [2.45, 2.75) is 31.8 Å². The van der Waals surface area contributed by atoms with E-state index in [9.17, 15) is 0 Å². The van der Waals surface area contributed by atoms with Gasteiger partial charge in [-0.15, -0.1) is 0 Å². The second-order valence-electron chi connectivity index (χ2n) is 4.34. The first-order valence-corrected chi connectivity index (χ1v) is 4.77. The molecule has 1 spiro atoms. The van der Waals surface area contributed by atoms with Gasteiger partial charge in [0.25, 0.3) is 0 Å². The topological polar surface area (TPSA) is 12.5 Å². The first kappa shape index (κ1) is 8.58. The van der Waals surface area contributed by atoms with E-state index in [2.05, 4.69) is 0 Å². The van der Waals surface area contributed by atoms with E-state index in [0.717, 1.165) is 13.1 Å². The van der Waals surface area contributed by atoms with E-state index in [0.29, 0.717) is 11.5 Å². The molecule has 0 aromatic rings. The first-order chi connectivity index (χ1) is 5.74. The lowest BCUT2D eigenvalue weighted by Gasteiger charge is -2.52. The van der Waals surface area contributed by atoms with Crippen molar-refractivity contribution in [1.82, 2.24) is 4.81 Å². The van der Waals surface area contributed by atoms with E-state index in [4.69, 9.17) is 12.7 Å². The average molecular weight is 165 g/mol. The molecule has 2 fully saturated rings. The Bertz CT molecular complexity index is 158. The summed E-state index contributed by atoms with van der Waals surface area (Å²) >= 11 is 0. The Labute approximate surface area is 75.7 Å². The molecular weight excluding hydrogens is 149 g/mol. The maximum absolute atomic E-state index is 5.65. The molecule has 2 aliphatic rings. The van der Waals surface area contributed by atoms with Gasteiger partial charge in [0.05, 0.1) is 6.10 Å². The fourth-order valence-corrected chi connectivity index (χ4v) is 2.57. The Morgan fingerprint density at radius 3 is 2.33 bits per heavy atom. The van der Waals surface area contributed by atoms with Gasteiger partial charge in [-0.1, -0.05) is 0 Å². The van der Waals surface area contributed by atoms with Crippen LogP contribution in [-0.2, 0) is 4.74 Å². The Kier molecular flexibility index (Phi) is 2.17. The zero-order valence-electron chi connectivity index (χ0n) is 7.75. The number of hydrogen-bond donors (Lipinski definition) is 0. The van der Waals surface area contributed by atoms with Crippen LogP contribution in [0, 0.1) is 5.41 Å². The van der Waals surface area contributed by atoms with E-state index in [-0.39, 0.29) is 0 Å². The van der Waals surface area contributed by atoms with E-state index in [1.807, 2.05) is 11.9 Å². The minimum absolute atomic E-state index is 0.516. The summed E-state index contributed by atoms with van der Waals surface area (Å²) in [6, 6.07) is 0. The lowest BCUT2D eigenvalue weighted by atomic mass is 9.67. The minimum Gasteiger partial charge on any atom is -0.381 e. The predicted octanol–water partition coefficient (Wildman–Crippen LogP) is 0.961. The highest BCUT2D eigenvalue weighted by Gasteiger charge is 2.42. The number of hydrogen-bond acceptors (Lipinski definition) is 2. The van der Waals surface area contributed by atoms with Crippen molar-refractivity contribution in [2.24, 2.45) is 5.41 Å². The molecule has 0 aromatic heterocycles. The molecule has 1 aliphatic carbocycles. The molecule has 1 saturated heterocycles. The van der Waals surface area contributed by atoms with Gasteiger partial charge in [-0.2, -0.15) is 0 Å². The zero-order chi connectivity index (χ0) is 8.60. The second-order valence-corrected chi connectivity index (χ2v) is 4.34. The number of ether oxygens (including phenoxy) is 1. The van der Waals surface area contributed by atoms with Crippen molar-refractivity contribution in [3.05, 3.63) is 0 Å². The van der Waals surface area contributed by atoms with Crippen LogP contribution < -0.4 is 0 Å². The van der Waals surface area contributed by atoms with Crippen LogP contribution in [-0.4, -0.2) is 39.1 Å². The summed E-state index contributed by atoms with van der Waals surface area (Å²) in [6.45, 7) is 2.20. The standard InChI is InChI=1S/C9H16BNO/c1-12-8-2-4-9(5-3-8)6-11(10)7-9/h8H,2-7H2,1H3. The monoisotopic (exact) mass is 165 g/mol. The van der Waals surface area contributed by atoms with Crippen molar-refractivity contribution in [2.75, 3.05) is 20.2 Å². The third kappa shape index (κ3) is 1.40. The number of methoxy groups -OCH3 is 1. The molecule has 1 saturated carbocycles. The molecule has 2 rings (SSSR count). The van der Waals surface area contributed by atoms with Crippen molar-refractivity contribution < 1.29 is 4.74 Å². The minimum atomic E-state index is 0.516. The molecule has 2 nitrogen and oxygen atoms in total. The van der Waals surface area contributed by atoms with E-state index < -0.39 is 0 Å². The van der Waals surface area contributed by atoms with Crippen LogP contribution in [0.15, 0.2) is 0 Å². The summed E-state index contributed by atoms with van der Waals surface area (Å²) in [5.74, 6) is 0. The molecule has 1 heterocycles. The highest BCUT2D eigenvalue weighted by atomic mass is 16.5. The van der Waals surface area contributed by atoms with Crippen LogP contribution in [0.5, 0.6) is 0 Å². The molecule has 3 heteroatoms. The van der Waals surface area contributed by atoms with Crippen LogP contribution in [0.2, 0.25) is 0 Å². The van der Waals surface area contributed by atoms with Crippen molar-refractivity contribution in [3.63, 3.8) is 0 Å². The van der Waals surface area contributed by atoms with Gasteiger partial charge in [0, 0.05) is 7.11 Å². The summed E-state index contributed by atoms with van der Waals surface area (Å²) in [7, 11) is 7.47. The Morgan fingerprint density at radius 2 is 1.92 bits per heavy atom. The second kappa shape index (κ2) is 3.04. The summed E-state index contributed by atoms with van der Waals surface area (Å²) < 4.78 is 5.34. The molecule has 0 bridgehead atoms. The Hall–Kier alpha value is -0.0151. The summed E-state index contributed by atoms with van der Waals surface area (Å²) in [5.41, 5.74) is 0.573. The van der Waals surface area contributed by atoms with Gasteiger partial charge in [-0.3, -0.25) is 0 Å².